The van der Waals surface area contributed by atoms with Gasteiger partial charge in [0.15, 0.2) is 0 Å². The zero-order valence-electron chi connectivity index (χ0n) is 15.1. The number of rotatable bonds is 5. The summed E-state index contributed by atoms with van der Waals surface area (Å²) in [7, 11) is 2.11. The van der Waals surface area contributed by atoms with Crippen molar-refractivity contribution in [2.45, 2.75) is 0 Å². The number of amides is 2. The zero-order chi connectivity index (χ0) is 19.2. The van der Waals surface area contributed by atoms with E-state index in [-0.39, 0.29) is 18.4 Å². The molecule has 3 rings (SSSR count). The molecule has 27 heavy (non-hydrogen) atoms. The SMILES string of the molecule is CN1CCN(c2ccc(NC(=O)CNC(=O)c3cccc(Cl)c3)cn2)CC1. The summed E-state index contributed by atoms with van der Waals surface area (Å²) >= 11 is 5.86. The Bertz CT molecular complexity index is 804. The molecular weight excluding hydrogens is 366 g/mol. The number of piperazine rings is 1. The van der Waals surface area contributed by atoms with E-state index in [2.05, 4.69) is 32.5 Å². The van der Waals surface area contributed by atoms with Crippen molar-refractivity contribution in [2.24, 2.45) is 0 Å². The van der Waals surface area contributed by atoms with Gasteiger partial charge in [-0.2, -0.15) is 0 Å². The first kappa shape index (κ1) is 19.1. The van der Waals surface area contributed by atoms with Crippen LogP contribution in [0.1, 0.15) is 10.4 Å². The van der Waals surface area contributed by atoms with E-state index in [4.69, 9.17) is 11.6 Å². The van der Waals surface area contributed by atoms with Crippen LogP contribution in [0.25, 0.3) is 0 Å². The zero-order valence-corrected chi connectivity index (χ0v) is 15.9. The summed E-state index contributed by atoms with van der Waals surface area (Å²) in [4.78, 5) is 33.0. The molecule has 0 atom stereocenters. The van der Waals surface area contributed by atoms with E-state index >= 15 is 0 Å². The Morgan fingerprint density at radius 2 is 1.93 bits per heavy atom. The molecule has 7 nitrogen and oxygen atoms in total. The van der Waals surface area contributed by atoms with E-state index < -0.39 is 0 Å². The van der Waals surface area contributed by atoms with E-state index in [0.29, 0.717) is 16.3 Å². The average molecular weight is 388 g/mol. The van der Waals surface area contributed by atoms with Gasteiger partial charge in [-0.15, -0.1) is 0 Å². The number of halogens is 1. The van der Waals surface area contributed by atoms with Crippen LogP contribution in [0.15, 0.2) is 42.6 Å². The maximum Gasteiger partial charge on any atom is 0.251 e. The van der Waals surface area contributed by atoms with Gasteiger partial charge >= 0.3 is 0 Å². The molecule has 1 fully saturated rings. The molecule has 1 aromatic carbocycles. The number of hydrogen-bond donors (Lipinski definition) is 2. The molecule has 0 bridgehead atoms. The summed E-state index contributed by atoms with van der Waals surface area (Å²) in [5.74, 6) is 0.228. The molecule has 1 aliphatic rings. The van der Waals surface area contributed by atoms with Crippen LogP contribution in [0.5, 0.6) is 0 Å². The van der Waals surface area contributed by atoms with Crippen molar-refractivity contribution in [1.29, 1.82) is 0 Å². The normalized spacial score (nSPS) is 14.7. The summed E-state index contributed by atoms with van der Waals surface area (Å²) < 4.78 is 0. The van der Waals surface area contributed by atoms with Crippen molar-refractivity contribution in [3.8, 4) is 0 Å². The maximum absolute atomic E-state index is 12.0. The van der Waals surface area contributed by atoms with Gasteiger partial charge in [0.2, 0.25) is 5.91 Å². The maximum atomic E-state index is 12.0. The van der Waals surface area contributed by atoms with Gasteiger partial charge < -0.3 is 20.4 Å². The molecule has 1 aliphatic heterocycles. The third kappa shape index (κ3) is 5.42. The van der Waals surface area contributed by atoms with Crippen molar-refractivity contribution in [2.75, 3.05) is 50.0 Å². The Morgan fingerprint density at radius 1 is 1.15 bits per heavy atom. The van der Waals surface area contributed by atoms with Crippen molar-refractivity contribution >= 4 is 34.9 Å². The van der Waals surface area contributed by atoms with Crippen LogP contribution in [0.3, 0.4) is 0 Å². The summed E-state index contributed by atoms with van der Waals surface area (Å²) in [6.07, 6.45) is 1.63. The van der Waals surface area contributed by atoms with Crippen LogP contribution < -0.4 is 15.5 Å². The number of nitrogens with zero attached hydrogens (tertiary/aromatic N) is 3. The minimum atomic E-state index is -0.351. The summed E-state index contributed by atoms with van der Waals surface area (Å²) in [6, 6.07) is 10.3. The number of anilines is 2. The molecular formula is C19H22ClN5O2. The Kier molecular flexibility index (Phi) is 6.26. The fourth-order valence-electron chi connectivity index (χ4n) is 2.78. The fraction of sp³-hybridized carbons (Fsp3) is 0.316. The van der Waals surface area contributed by atoms with Crippen molar-refractivity contribution in [3.63, 3.8) is 0 Å². The lowest BCUT2D eigenvalue weighted by atomic mass is 10.2. The molecule has 2 amide bonds. The van der Waals surface area contributed by atoms with Crippen LogP contribution in [-0.2, 0) is 4.79 Å². The highest BCUT2D eigenvalue weighted by molar-refractivity contribution is 6.31. The Hall–Kier alpha value is -2.64. The third-order valence-corrected chi connectivity index (χ3v) is 4.59. The minimum Gasteiger partial charge on any atom is -0.354 e. The molecule has 0 spiro atoms. The third-order valence-electron chi connectivity index (χ3n) is 4.36. The smallest absolute Gasteiger partial charge is 0.251 e. The Labute approximate surface area is 163 Å². The van der Waals surface area contributed by atoms with E-state index in [1.54, 1.807) is 30.5 Å². The number of carbonyl (C=O) groups excluding carboxylic acids is 2. The van der Waals surface area contributed by atoms with Crippen LogP contribution in [-0.4, -0.2) is 61.5 Å². The molecule has 0 radical (unpaired) electrons. The van der Waals surface area contributed by atoms with Crippen LogP contribution in [0.4, 0.5) is 11.5 Å². The molecule has 1 saturated heterocycles. The highest BCUT2D eigenvalue weighted by Gasteiger charge is 2.15. The van der Waals surface area contributed by atoms with Crippen molar-refractivity contribution in [1.82, 2.24) is 15.2 Å². The second-order valence-electron chi connectivity index (χ2n) is 6.44. The topological polar surface area (TPSA) is 77.6 Å². The molecule has 2 aromatic rings. The minimum absolute atomic E-state index is 0.133. The summed E-state index contributed by atoms with van der Waals surface area (Å²) in [5.41, 5.74) is 1.00. The Balaban J connectivity index is 1.48. The van der Waals surface area contributed by atoms with Gasteiger partial charge in [0.1, 0.15) is 5.82 Å². The number of likely N-dealkylation sites (N-methyl/N-ethyl adjacent to an activating group) is 1. The first-order valence-corrected chi connectivity index (χ1v) is 9.12. The molecule has 142 valence electrons. The Morgan fingerprint density at radius 3 is 2.59 bits per heavy atom. The standard InChI is InChI=1S/C19H22ClN5O2/c1-24-7-9-25(10-8-24)17-6-5-16(12-21-17)23-18(26)13-22-19(27)14-3-2-4-15(20)11-14/h2-6,11-12H,7-10,13H2,1H3,(H,22,27)(H,23,26). The van der Waals surface area contributed by atoms with E-state index in [0.717, 1.165) is 32.0 Å². The quantitative estimate of drug-likeness (QED) is 0.818. The summed E-state index contributed by atoms with van der Waals surface area (Å²) in [6.45, 7) is 3.75. The molecule has 1 aromatic heterocycles. The number of hydrogen-bond acceptors (Lipinski definition) is 5. The van der Waals surface area contributed by atoms with Gasteiger partial charge in [0, 0.05) is 36.8 Å². The lowest BCUT2D eigenvalue weighted by molar-refractivity contribution is -0.115. The first-order valence-electron chi connectivity index (χ1n) is 8.74. The van der Waals surface area contributed by atoms with Gasteiger partial charge in [-0.1, -0.05) is 17.7 Å². The predicted octanol–water partition coefficient (Wildman–Crippen LogP) is 1.86. The summed E-state index contributed by atoms with van der Waals surface area (Å²) in [5, 5.41) is 5.77. The number of carbonyl (C=O) groups is 2. The fourth-order valence-corrected chi connectivity index (χ4v) is 2.97. The van der Waals surface area contributed by atoms with E-state index in [1.165, 1.54) is 0 Å². The molecule has 0 unspecified atom stereocenters. The van der Waals surface area contributed by atoms with Crippen LogP contribution in [0.2, 0.25) is 5.02 Å². The number of nitrogens with one attached hydrogen (secondary N) is 2. The second-order valence-corrected chi connectivity index (χ2v) is 6.87. The lowest BCUT2D eigenvalue weighted by Crippen LogP contribution is -2.44. The lowest BCUT2D eigenvalue weighted by Gasteiger charge is -2.33. The van der Waals surface area contributed by atoms with Gasteiger partial charge in [-0.3, -0.25) is 9.59 Å². The average Bonchev–Trinajstić information content (AvgIpc) is 2.67. The van der Waals surface area contributed by atoms with Crippen molar-refractivity contribution < 1.29 is 9.59 Å². The van der Waals surface area contributed by atoms with Gasteiger partial charge in [-0.25, -0.2) is 4.98 Å². The number of aromatic nitrogens is 1. The van der Waals surface area contributed by atoms with Crippen LogP contribution >= 0.6 is 11.6 Å². The van der Waals surface area contributed by atoms with E-state index in [1.807, 2.05) is 12.1 Å². The van der Waals surface area contributed by atoms with E-state index in [9.17, 15) is 9.59 Å². The van der Waals surface area contributed by atoms with Crippen LogP contribution in [0, 0.1) is 0 Å². The van der Waals surface area contributed by atoms with Gasteiger partial charge in [0.05, 0.1) is 18.4 Å². The number of benzene rings is 1. The second kappa shape index (κ2) is 8.83. The molecule has 0 aliphatic carbocycles. The van der Waals surface area contributed by atoms with Gasteiger partial charge in [-0.05, 0) is 37.4 Å². The molecule has 2 N–H and O–H groups in total. The van der Waals surface area contributed by atoms with Crippen molar-refractivity contribution in [3.05, 3.63) is 53.2 Å². The predicted molar refractivity (Wildman–Crippen MR) is 106 cm³/mol. The van der Waals surface area contributed by atoms with Gasteiger partial charge in [0.25, 0.3) is 5.91 Å². The molecule has 2 heterocycles. The highest BCUT2D eigenvalue weighted by atomic mass is 35.5. The highest BCUT2D eigenvalue weighted by Crippen LogP contribution is 2.16. The first-order chi connectivity index (χ1) is 13.0. The monoisotopic (exact) mass is 387 g/mol. The molecule has 0 saturated carbocycles. The largest absolute Gasteiger partial charge is 0.354 e. The number of pyridine rings is 1. The molecule has 8 heteroatoms.